The first-order chi connectivity index (χ1) is 14.1. The van der Waals surface area contributed by atoms with Crippen LogP contribution in [0.3, 0.4) is 0 Å². The molecule has 0 aliphatic carbocycles. The van der Waals surface area contributed by atoms with Crippen LogP contribution in [0, 0.1) is 0 Å². The minimum atomic E-state index is -0.501. The number of fused-ring (bicyclic) bond motifs is 1. The molecule has 1 saturated heterocycles. The van der Waals surface area contributed by atoms with Gasteiger partial charge in [-0.25, -0.2) is 9.78 Å². The van der Waals surface area contributed by atoms with E-state index in [0.29, 0.717) is 11.3 Å². The van der Waals surface area contributed by atoms with Gasteiger partial charge >= 0.3 is 5.97 Å². The van der Waals surface area contributed by atoms with Gasteiger partial charge in [0.2, 0.25) is 0 Å². The standard InChI is InChI=1S/C24H24N2O3/c1-17-9-7-8-14-26(17)23(27)16-29-24(28)20-15-22(18-10-3-2-4-11-18)25-21-13-6-5-12-19(20)21/h2-6,10-13,15,17H,7-9,14,16H2,1H3/t17-/m1/s1. The van der Waals surface area contributed by atoms with Crippen LogP contribution in [0.1, 0.15) is 36.5 Å². The van der Waals surface area contributed by atoms with Crippen LogP contribution < -0.4 is 0 Å². The number of aromatic nitrogens is 1. The number of likely N-dealkylation sites (tertiary alicyclic amines) is 1. The normalized spacial score (nSPS) is 16.6. The lowest BCUT2D eigenvalue weighted by Gasteiger charge is -2.33. The molecule has 1 atom stereocenters. The van der Waals surface area contributed by atoms with Gasteiger partial charge in [0.1, 0.15) is 0 Å². The number of carbonyl (C=O) groups excluding carboxylic acids is 2. The molecule has 3 aromatic rings. The number of hydrogen-bond donors (Lipinski definition) is 0. The van der Waals surface area contributed by atoms with Crippen molar-refractivity contribution in [2.45, 2.75) is 32.2 Å². The van der Waals surface area contributed by atoms with E-state index in [9.17, 15) is 9.59 Å². The summed E-state index contributed by atoms with van der Waals surface area (Å²) in [6.45, 7) is 2.54. The lowest BCUT2D eigenvalue weighted by molar-refractivity contribution is -0.137. The predicted octanol–water partition coefficient (Wildman–Crippen LogP) is 4.46. The van der Waals surface area contributed by atoms with Gasteiger partial charge in [0, 0.05) is 23.5 Å². The zero-order valence-corrected chi connectivity index (χ0v) is 16.5. The summed E-state index contributed by atoms with van der Waals surface area (Å²) in [5.74, 6) is -0.633. The van der Waals surface area contributed by atoms with E-state index >= 15 is 0 Å². The molecule has 5 heteroatoms. The summed E-state index contributed by atoms with van der Waals surface area (Å²) >= 11 is 0. The zero-order chi connectivity index (χ0) is 20.2. The molecule has 2 heterocycles. The minimum absolute atomic E-state index is 0.132. The van der Waals surface area contributed by atoms with Crippen LogP contribution >= 0.6 is 0 Å². The van der Waals surface area contributed by atoms with Gasteiger partial charge in [-0.3, -0.25) is 4.79 Å². The summed E-state index contributed by atoms with van der Waals surface area (Å²) in [4.78, 5) is 31.9. The van der Waals surface area contributed by atoms with Crippen molar-refractivity contribution in [2.75, 3.05) is 13.2 Å². The summed E-state index contributed by atoms with van der Waals surface area (Å²) in [6, 6.07) is 19.1. The molecule has 1 aliphatic rings. The molecule has 29 heavy (non-hydrogen) atoms. The molecule has 4 rings (SSSR count). The Balaban J connectivity index is 1.59. The number of hydrogen-bond acceptors (Lipinski definition) is 4. The molecule has 0 bridgehead atoms. The number of piperidine rings is 1. The Bertz CT molecular complexity index is 1030. The van der Waals surface area contributed by atoms with Crippen LogP contribution in [-0.4, -0.2) is 41.0 Å². The van der Waals surface area contributed by atoms with Crippen molar-refractivity contribution in [3.8, 4) is 11.3 Å². The molecule has 2 aromatic carbocycles. The molecule has 1 aliphatic heterocycles. The highest BCUT2D eigenvalue weighted by Gasteiger charge is 2.24. The molecule has 5 nitrogen and oxygen atoms in total. The number of carbonyl (C=O) groups is 2. The van der Waals surface area contributed by atoms with Crippen LogP contribution in [-0.2, 0) is 9.53 Å². The average molecular weight is 388 g/mol. The summed E-state index contributed by atoms with van der Waals surface area (Å²) in [5.41, 5.74) is 2.77. The molecule has 148 valence electrons. The molecule has 0 spiro atoms. The first-order valence-electron chi connectivity index (χ1n) is 10.1. The lowest BCUT2D eigenvalue weighted by Crippen LogP contribution is -2.44. The second-order valence-electron chi connectivity index (χ2n) is 7.45. The fraction of sp³-hybridized carbons (Fsp3) is 0.292. The second-order valence-corrected chi connectivity index (χ2v) is 7.45. The van der Waals surface area contributed by atoms with Crippen LogP contribution in [0.5, 0.6) is 0 Å². The minimum Gasteiger partial charge on any atom is -0.452 e. The fourth-order valence-corrected chi connectivity index (χ4v) is 3.86. The van der Waals surface area contributed by atoms with Crippen LogP contribution in [0.4, 0.5) is 0 Å². The number of amides is 1. The first-order valence-corrected chi connectivity index (χ1v) is 10.1. The lowest BCUT2D eigenvalue weighted by atomic mass is 10.0. The van der Waals surface area contributed by atoms with Gasteiger partial charge < -0.3 is 9.64 Å². The maximum Gasteiger partial charge on any atom is 0.339 e. The third kappa shape index (κ3) is 4.14. The number of pyridine rings is 1. The van der Waals surface area contributed by atoms with E-state index in [-0.39, 0.29) is 18.6 Å². The maximum absolute atomic E-state index is 12.9. The number of esters is 1. The highest BCUT2D eigenvalue weighted by atomic mass is 16.5. The van der Waals surface area contributed by atoms with Crippen molar-refractivity contribution in [1.82, 2.24) is 9.88 Å². The summed E-state index contributed by atoms with van der Waals surface area (Å²) < 4.78 is 5.43. The van der Waals surface area contributed by atoms with Gasteiger partial charge in [-0.2, -0.15) is 0 Å². The van der Waals surface area contributed by atoms with Gasteiger partial charge in [-0.1, -0.05) is 48.5 Å². The Labute approximate surface area is 170 Å². The van der Waals surface area contributed by atoms with Crippen molar-refractivity contribution >= 4 is 22.8 Å². The monoisotopic (exact) mass is 388 g/mol. The van der Waals surface area contributed by atoms with Crippen molar-refractivity contribution < 1.29 is 14.3 Å². The number of ether oxygens (including phenoxy) is 1. The molecule has 0 unspecified atom stereocenters. The SMILES string of the molecule is C[C@@H]1CCCCN1C(=O)COC(=O)c1cc(-c2ccccc2)nc2ccccc12. The number of rotatable bonds is 4. The Hall–Kier alpha value is -3.21. The molecule has 0 radical (unpaired) electrons. The zero-order valence-electron chi connectivity index (χ0n) is 16.5. The summed E-state index contributed by atoms with van der Waals surface area (Å²) in [6.07, 6.45) is 3.13. The molecular formula is C24H24N2O3. The molecular weight excluding hydrogens is 364 g/mol. The average Bonchev–Trinajstić information content (AvgIpc) is 2.77. The van der Waals surface area contributed by atoms with Crippen molar-refractivity contribution in [3.05, 3.63) is 66.2 Å². The Morgan fingerprint density at radius 3 is 2.62 bits per heavy atom. The number of nitrogens with zero attached hydrogens (tertiary/aromatic N) is 2. The molecule has 1 fully saturated rings. The maximum atomic E-state index is 12.9. The van der Waals surface area contributed by atoms with Gasteiger partial charge in [-0.05, 0) is 38.3 Å². The van der Waals surface area contributed by atoms with Gasteiger partial charge in [0.25, 0.3) is 5.91 Å². The fourth-order valence-electron chi connectivity index (χ4n) is 3.86. The summed E-state index contributed by atoms with van der Waals surface area (Å²) in [7, 11) is 0. The molecule has 0 saturated carbocycles. The van der Waals surface area contributed by atoms with E-state index in [0.717, 1.165) is 42.3 Å². The van der Waals surface area contributed by atoms with Gasteiger partial charge in [-0.15, -0.1) is 0 Å². The van der Waals surface area contributed by atoms with Crippen LogP contribution in [0.15, 0.2) is 60.7 Å². The highest BCUT2D eigenvalue weighted by molar-refractivity contribution is 6.05. The Morgan fingerprint density at radius 2 is 1.83 bits per heavy atom. The van der Waals surface area contributed by atoms with Gasteiger partial charge in [0.15, 0.2) is 6.61 Å². The first kappa shape index (κ1) is 19.1. The van der Waals surface area contributed by atoms with E-state index in [1.165, 1.54) is 0 Å². The van der Waals surface area contributed by atoms with Crippen LogP contribution in [0.25, 0.3) is 22.2 Å². The largest absolute Gasteiger partial charge is 0.452 e. The Kier molecular flexibility index (Phi) is 5.56. The Morgan fingerprint density at radius 1 is 1.07 bits per heavy atom. The molecule has 1 aromatic heterocycles. The van der Waals surface area contributed by atoms with E-state index < -0.39 is 5.97 Å². The smallest absolute Gasteiger partial charge is 0.339 e. The second kappa shape index (κ2) is 8.43. The number of para-hydroxylation sites is 1. The van der Waals surface area contributed by atoms with E-state index in [1.54, 1.807) is 6.07 Å². The topological polar surface area (TPSA) is 59.5 Å². The molecule has 0 N–H and O–H groups in total. The molecule has 1 amide bonds. The van der Waals surface area contributed by atoms with E-state index in [4.69, 9.17) is 4.74 Å². The van der Waals surface area contributed by atoms with Gasteiger partial charge in [0.05, 0.1) is 16.8 Å². The predicted molar refractivity (Wildman–Crippen MR) is 112 cm³/mol. The van der Waals surface area contributed by atoms with E-state index in [1.807, 2.05) is 66.4 Å². The third-order valence-corrected chi connectivity index (χ3v) is 5.46. The summed E-state index contributed by atoms with van der Waals surface area (Å²) in [5, 5.41) is 0.718. The quantitative estimate of drug-likeness (QED) is 0.619. The highest BCUT2D eigenvalue weighted by Crippen LogP contribution is 2.25. The van der Waals surface area contributed by atoms with E-state index in [2.05, 4.69) is 4.98 Å². The van der Waals surface area contributed by atoms with Crippen LogP contribution in [0.2, 0.25) is 0 Å². The van der Waals surface area contributed by atoms with Crippen molar-refractivity contribution in [2.24, 2.45) is 0 Å². The van der Waals surface area contributed by atoms with Crippen molar-refractivity contribution in [1.29, 1.82) is 0 Å². The third-order valence-electron chi connectivity index (χ3n) is 5.46. The number of benzene rings is 2. The van der Waals surface area contributed by atoms with Crippen molar-refractivity contribution in [3.63, 3.8) is 0 Å².